The van der Waals surface area contributed by atoms with Gasteiger partial charge < -0.3 is 24.7 Å². The van der Waals surface area contributed by atoms with Crippen LogP contribution in [0.4, 0.5) is 0 Å². The summed E-state index contributed by atoms with van der Waals surface area (Å²) in [6.07, 6.45) is 0.480. The van der Waals surface area contributed by atoms with E-state index < -0.39 is 11.6 Å². The number of nitrogens with two attached hydrogens (primary N) is 1. The normalized spacial score (nSPS) is 51.0. The molecule has 5 atom stereocenters. The van der Waals surface area contributed by atoms with E-state index in [9.17, 15) is 0 Å². The summed E-state index contributed by atoms with van der Waals surface area (Å²) in [6.45, 7) is 7.67. The molecule has 3 rings (SSSR count). The third-order valence-corrected chi connectivity index (χ3v) is 3.64. The maximum atomic E-state index is 6.15. The Morgan fingerprint density at radius 1 is 0.824 bits per heavy atom. The van der Waals surface area contributed by atoms with Crippen molar-refractivity contribution in [1.29, 1.82) is 0 Å². The molecule has 0 radical (unpaired) electrons. The van der Waals surface area contributed by atoms with Gasteiger partial charge in [-0.05, 0) is 34.1 Å². The van der Waals surface area contributed by atoms with Crippen molar-refractivity contribution >= 4 is 0 Å². The molecule has 5 heteroatoms. The quantitative estimate of drug-likeness (QED) is 0.680. The molecule has 17 heavy (non-hydrogen) atoms. The van der Waals surface area contributed by atoms with Gasteiger partial charge in [0.1, 0.15) is 18.3 Å². The summed E-state index contributed by atoms with van der Waals surface area (Å²) in [6, 6.07) is -0.0551. The van der Waals surface area contributed by atoms with Gasteiger partial charge in [-0.3, -0.25) is 0 Å². The third-order valence-electron chi connectivity index (χ3n) is 3.64. The minimum atomic E-state index is -0.585. The minimum absolute atomic E-state index is 0.0127. The predicted octanol–water partition coefficient (Wildman–Crippen LogP) is 0.758. The molecule has 2 heterocycles. The number of rotatable bonds is 0. The fraction of sp³-hybridized carbons (Fsp3) is 1.00. The zero-order valence-electron chi connectivity index (χ0n) is 10.8. The molecule has 3 aliphatic rings. The van der Waals surface area contributed by atoms with E-state index in [4.69, 9.17) is 24.7 Å². The van der Waals surface area contributed by atoms with Crippen LogP contribution in [0.1, 0.15) is 34.1 Å². The van der Waals surface area contributed by atoms with Crippen molar-refractivity contribution in [2.24, 2.45) is 5.73 Å². The first-order valence-corrected chi connectivity index (χ1v) is 6.24. The zero-order valence-corrected chi connectivity index (χ0v) is 10.8. The van der Waals surface area contributed by atoms with Crippen LogP contribution in [0.2, 0.25) is 0 Å². The number of hydrogen-bond acceptors (Lipinski definition) is 5. The van der Waals surface area contributed by atoms with Gasteiger partial charge in [0, 0.05) is 6.04 Å². The molecule has 5 nitrogen and oxygen atoms in total. The van der Waals surface area contributed by atoms with E-state index in [1.165, 1.54) is 0 Å². The van der Waals surface area contributed by atoms with Crippen LogP contribution in [-0.4, -0.2) is 42.0 Å². The maximum Gasteiger partial charge on any atom is 0.163 e. The van der Waals surface area contributed by atoms with E-state index in [0.29, 0.717) is 0 Å². The minimum Gasteiger partial charge on any atom is -0.344 e. The topological polar surface area (TPSA) is 62.9 Å². The predicted molar refractivity (Wildman–Crippen MR) is 60.2 cm³/mol. The highest BCUT2D eigenvalue weighted by atomic mass is 16.8. The van der Waals surface area contributed by atoms with E-state index in [1.807, 2.05) is 27.7 Å². The maximum absolute atomic E-state index is 6.15. The Hall–Kier alpha value is -0.200. The lowest BCUT2D eigenvalue weighted by atomic mass is 9.86. The highest BCUT2D eigenvalue weighted by Crippen LogP contribution is 2.44. The van der Waals surface area contributed by atoms with Crippen molar-refractivity contribution in [3.8, 4) is 0 Å². The van der Waals surface area contributed by atoms with Crippen LogP contribution in [0, 0.1) is 0 Å². The molecular weight excluding hydrogens is 222 g/mol. The van der Waals surface area contributed by atoms with Crippen LogP contribution in [0.5, 0.6) is 0 Å². The second kappa shape index (κ2) is 3.42. The second-order valence-electron chi connectivity index (χ2n) is 6.10. The Bertz CT molecular complexity index is 330. The van der Waals surface area contributed by atoms with Crippen LogP contribution in [0.15, 0.2) is 0 Å². The smallest absolute Gasteiger partial charge is 0.163 e. The SMILES string of the molecule is CC1(C)O[C@H]2[C@@H](O1)[C@@H](N)C[C@H]1OC(C)(C)O[C@H]21. The van der Waals surface area contributed by atoms with Gasteiger partial charge in [0.05, 0.1) is 6.10 Å². The largest absolute Gasteiger partial charge is 0.344 e. The molecule has 1 saturated carbocycles. The molecule has 0 aromatic carbocycles. The molecule has 2 N–H and O–H groups in total. The van der Waals surface area contributed by atoms with E-state index >= 15 is 0 Å². The van der Waals surface area contributed by atoms with Crippen molar-refractivity contribution < 1.29 is 18.9 Å². The van der Waals surface area contributed by atoms with Crippen LogP contribution < -0.4 is 5.73 Å². The first-order valence-electron chi connectivity index (χ1n) is 6.24. The zero-order chi connectivity index (χ0) is 12.4. The van der Waals surface area contributed by atoms with Gasteiger partial charge >= 0.3 is 0 Å². The first-order chi connectivity index (χ1) is 7.77. The van der Waals surface area contributed by atoms with Crippen molar-refractivity contribution in [3.05, 3.63) is 0 Å². The lowest BCUT2D eigenvalue weighted by Gasteiger charge is -2.35. The monoisotopic (exact) mass is 243 g/mol. The first kappa shape index (κ1) is 11.9. The van der Waals surface area contributed by atoms with Gasteiger partial charge in [-0.25, -0.2) is 0 Å². The number of ether oxygens (including phenoxy) is 4. The van der Waals surface area contributed by atoms with Crippen LogP contribution in [0.3, 0.4) is 0 Å². The summed E-state index contributed by atoms with van der Waals surface area (Å²) in [5.41, 5.74) is 6.15. The fourth-order valence-corrected chi connectivity index (χ4v) is 3.13. The number of fused-ring (bicyclic) bond motifs is 3. The second-order valence-corrected chi connectivity index (χ2v) is 6.10. The van der Waals surface area contributed by atoms with E-state index in [1.54, 1.807) is 0 Å². The van der Waals surface area contributed by atoms with Crippen molar-refractivity contribution in [3.63, 3.8) is 0 Å². The van der Waals surface area contributed by atoms with Crippen LogP contribution in [0.25, 0.3) is 0 Å². The van der Waals surface area contributed by atoms with Crippen LogP contribution >= 0.6 is 0 Å². The molecule has 2 saturated heterocycles. The lowest BCUT2D eigenvalue weighted by Crippen LogP contribution is -2.56. The summed E-state index contributed by atoms with van der Waals surface area (Å²) in [5, 5.41) is 0. The Morgan fingerprint density at radius 3 is 2.06 bits per heavy atom. The molecule has 0 bridgehead atoms. The lowest BCUT2D eigenvalue weighted by molar-refractivity contribution is -0.175. The van der Waals surface area contributed by atoms with Crippen molar-refractivity contribution in [2.45, 2.75) is 76.1 Å². The summed E-state index contributed by atoms with van der Waals surface area (Å²) in [4.78, 5) is 0. The molecule has 0 unspecified atom stereocenters. The van der Waals surface area contributed by atoms with Crippen molar-refractivity contribution in [1.82, 2.24) is 0 Å². The Morgan fingerprint density at radius 2 is 1.35 bits per heavy atom. The van der Waals surface area contributed by atoms with Gasteiger partial charge in [-0.2, -0.15) is 0 Å². The fourth-order valence-electron chi connectivity index (χ4n) is 3.13. The summed E-state index contributed by atoms with van der Waals surface area (Å²) >= 11 is 0. The summed E-state index contributed by atoms with van der Waals surface area (Å²) in [5.74, 6) is -1.14. The van der Waals surface area contributed by atoms with E-state index in [2.05, 4.69) is 0 Å². The van der Waals surface area contributed by atoms with Gasteiger partial charge in [-0.15, -0.1) is 0 Å². The van der Waals surface area contributed by atoms with Gasteiger partial charge in [-0.1, -0.05) is 0 Å². The van der Waals surface area contributed by atoms with Crippen molar-refractivity contribution in [2.75, 3.05) is 0 Å². The van der Waals surface area contributed by atoms with Crippen LogP contribution in [-0.2, 0) is 18.9 Å². The Labute approximate surface area is 102 Å². The molecule has 0 aromatic heterocycles. The molecule has 98 valence electrons. The number of hydrogen-bond donors (Lipinski definition) is 1. The molecule has 0 amide bonds. The summed E-state index contributed by atoms with van der Waals surface area (Å²) < 4.78 is 23.6. The summed E-state index contributed by atoms with van der Waals surface area (Å²) in [7, 11) is 0. The average molecular weight is 243 g/mol. The molecule has 0 spiro atoms. The third kappa shape index (κ3) is 1.90. The molecule has 0 aromatic rings. The molecule has 2 aliphatic heterocycles. The van der Waals surface area contributed by atoms with E-state index in [0.717, 1.165) is 6.42 Å². The Kier molecular flexibility index (Phi) is 2.39. The Balaban J connectivity index is 1.86. The van der Waals surface area contributed by atoms with Gasteiger partial charge in [0.15, 0.2) is 11.6 Å². The van der Waals surface area contributed by atoms with E-state index in [-0.39, 0.29) is 30.5 Å². The average Bonchev–Trinajstić information content (AvgIpc) is 2.62. The van der Waals surface area contributed by atoms with Gasteiger partial charge in [0.2, 0.25) is 0 Å². The standard InChI is InChI=1S/C12H21NO4/c1-11(2)14-7-5-6(13)8-10(9(7)16-11)17-12(3,4)15-8/h6-10H,5,13H2,1-4H3/t6-,7+,8-,9-,10-/m0/s1. The molecule has 3 fully saturated rings. The highest BCUT2D eigenvalue weighted by Gasteiger charge is 2.58. The molecular formula is C12H21NO4. The highest BCUT2D eigenvalue weighted by molar-refractivity contribution is 5.04. The molecule has 1 aliphatic carbocycles. The van der Waals surface area contributed by atoms with Gasteiger partial charge in [0.25, 0.3) is 0 Å².